The molecule has 2 N–H and O–H groups in total. The van der Waals surface area contributed by atoms with Crippen molar-refractivity contribution in [1.82, 2.24) is 10.2 Å². The molecule has 0 fully saturated rings. The second-order valence-electron chi connectivity index (χ2n) is 3.61. The Balaban J connectivity index is 2.47. The lowest BCUT2D eigenvalue weighted by Gasteiger charge is -2.01. The molecule has 2 aromatic rings. The lowest BCUT2D eigenvalue weighted by atomic mass is 10.0. The lowest BCUT2D eigenvalue weighted by Crippen LogP contribution is -2.01. The van der Waals surface area contributed by atoms with Gasteiger partial charge in [-0.15, -0.1) is 0 Å². The van der Waals surface area contributed by atoms with Crippen molar-refractivity contribution < 1.29 is 9.90 Å². The van der Waals surface area contributed by atoms with E-state index in [-0.39, 0.29) is 6.42 Å². The van der Waals surface area contributed by atoms with Crippen molar-refractivity contribution >= 4 is 5.97 Å². The molecular weight excluding hydrogens is 204 g/mol. The van der Waals surface area contributed by atoms with Gasteiger partial charge >= 0.3 is 5.97 Å². The summed E-state index contributed by atoms with van der Waals surface area (Å²) in [5, 5.41) is 15.6. The fourth-order valence-electron chi connectivity index (χ4n) is 1.74. The first kappa shape index (κ1) is 10.4. The van der Waals surface area contributed by atoms with Crippen molar-refractivity contribution in [2.24, 2.45) is 0 Å². The number of carboxylic acids is 1. The average Bonchev–Trinajstić information content (AvgIpc) is 2.60. The SMILES string of the molecule is Cc1[nH]nc(CC(=O)O)c1-c1ccccc1. The van der Waals surface area contributed by atoms with Gasteiger partial charge in [-0.25, -0.2) is 0 Å². The van der Waals surface area contributed by atoms with Crippen molar-refractivity contribution in [3.05, 3.63) is 41.7 Å². The number of H-pyrrole nitrogens is 1. The first-order chi connectivity index (χ1) is 7.68. The zero-order chi connectivity index (χ0) is 11.5. The molecule has 1 aromatic carbocycles. The van der Waals surface area contributed by atoms with Crippen LogP contribution in [0.2, 0.25) is 0 Å². The van der Waals surface area contributed by atoms with E-state index in [0.717, 1.165) is 16.8 Å². The third kappa shape index (κ3) is 1.95. The minimum absolute atomic E-state index is 0.0609. The standard InChI is InChI=1S/C12H12N2O2/c1-8-12(9-5-3-2-4-6-9)10(14-13-8)7-11(15)16/h2-6H,7H2,1H3,(H,13,14)(H,15,16). The Labute approximate surface area is 92.9 Å². The number of carboxylic acid groups (broad SMARTS) is 1. The minimum atomic E-state index is -0.872. The molecule has 4 heteroatoms. The monoisotopic (exact) mass is 216 g/mol. The predicted molar refractivity (Wildman–Crippen MR) is 60.1 cm³/mol. The largest absolute Gasteiger partial charge is 0.481 e. The molecule has 0 spiro atoms. The molecule has 16 heavy (non-hydrogen) atoms. The molecular formula is C12H12N2O2. The second kappa shape index (κ2) is 4.18. The van der Waals surface area contributed by atoms with E-state index in [1.165, 1.54) is 0 Å². The molecule has 0 aliphatic heterocycles. The molecule has 0 aliphatic rings. The summed E-state index contributed by atoms with van der Waals surface area (Å²) in [5.41, 5.74) is 3.35. The average molecular weight is 216 g/mol. The Hall–Kier alpha value is -2.10. The summed E-state index contributed by atoms with van der Waals surface area (Å²) in [4.78, 5) is 10.7. The van der Waals surface area contributed by atoms with E-state index >= 15 is 0 Å². The first-order valence-corrected chi connectivity index (χ1v) is 4.99. The number of nitrogens with zero attached hydrogens (tertiary/aromatic N) is 1. The highest BCUT2D eigenvalue weighted by Crippen LogP contribution is 2.25. The minimum Gasteiger partial charge on any atom is -0.481 e. The lowest BCUT2D eigenvalue weighted by molar-refractivity contribution is -0.136. The Morgan fingerprint density at radius 3 is 2.69 bits per heavy atom. The Kier molecular flexibility index (Phi) is 2.72. The molecule has 1 heterocycles. The predicted octanol–water partition coefficient (Wildman–Crippen LogP) is 2.01. The molecule has 0 saturated heterocycles. The molecule has 0 amide bonds. The fourth-order valence-corrected chi connectivity index (χ4v) is 1.74. The van der Waals surface area contributed by atoms with Gasteiger partial charge in [-0.2, -0.15) is 5.10 Å². The van der Waals surface area contributed by atoms with Gasteiger partial charge in [0.25, 0.3) is 0 Å². The zero-order valence-corrected chi connectivity index (χ0v) is 8.90. The van der Waals surface area contributed by atoms with Gasteiger partial charge in [0.15, 0.2) is 0 Å². The van der Waals surface area contributed by atoms with Crippen LogP contribution in [0.5, 0.6) is 0 Å². The van der Waals surface area contributed by atoms with Crippen molar-refractivity contribution in [2.75, 3.05) is 0 Å². The Bertz CT molecular complexity index is 503. The molecule has 2 rings (SSSR count). The third-order valence-electron chi connectivity index (χ3n) is 2.40. The Morgan fingerprint density at radius 1 is 1.38 bits per heavy atom. The zero-order valence-electron chi connectivity index (χ0n) is 8.90. The van der Waals surface area contributed by atoms with Crippen molar-refractivity contribution in [2.45, 2.75) is 13.3 Å². The summed E-state index contributed by atoms with van der Waals surface area (Å²) < 4.78 is 0. The Morgan fingerprint density at radius 2 is 2.06 bits per heavy atom. The molecule has 4 nitrogen and oxygen atoms in total. The van der Waals surface area contributed by atoms with Crippen LogP contribution in [-0.4, -0.2) is 21.3 Å². The number of carbonyl (C=O) groups is 1. The number of aliphatic carboxylic acids is 1. The van der Waals surface area contributed by atoms with E-state index in [4.69, 9.17) is 5.11 Å². The summed E-state index contributed by atoms with van der Waals surface area (Å²) in [6, 6.07) is 9.67. The van der Waals surface area contributed by atoms with Crippen LogP contribution in [0.4, 0.5) is 0 Å². The second-order valence-corrected chi connectivity index (χ2v) is 3.61. The van der Waals surface area contributed by atoms with E-state index < -0.39 is 5.97 Å². The summed E-state index contributed by atoms with van der Waals surface area (Å²) in [7, 11) is 0. The van der Waals surface area contributed by atoms with E-state index in [1.54, 1.807) is 0 Å². The number of aryl methyl sites for hydroxylation is 1. The molecule has 1 aromatic heterocycles. The maximum absolute atomic E-state index is 10.7. The van der Waals surface area contributed by atoms with Crippen LogP contribution in [0.3, 0.4) is 0 Å². The third-order valence-corrected chi connectivity index (χ3v) is 2.40. The van der Waals surface area contributed by atoms with E-state index in [2.05, 4.69) is 10.2 Å². The highest BCUT2D eigenvalue weighted by molar-refractivity contribution is 5.76. The van der Waals surface area contributed by atoms with Gasteiger partial charge in [0, 0.05) is 11.3 Å². The van der Waals surface area contributed by atoms with Gasteiger partial charge in [-0.3, -0.25) is 9.89 Å². The van der Waals surface area contributed by atoms with Crippen LogP contribution >= 0.6 is 0 Å². The normalized spacial score (nSPS) is 10.3. The highest BCUT2D eigenvalue weighted by Gasteiger charge is 2.14. The quantitative estimate of drug-likeness (QED) is 0.824. The number of nitrogens with one attached hydrogen (secondary N) is 1. The summed E-state index contributed by atoms with van der Waals surface area (Å²) in [5.74, 6) is -0.872. The topological polar surface area (TPSA) is 66.0 Å². The van der Waals surface area contributed by atoms with Gasteiger partial charge < -0.3 is 5.11 Å². The van der Waals surface area contributed by atoms with Crippen LogP contribution < -0.4 is 0 Å². The van der Waals surface area contributed by atoms with Gasteiger partial charge in [-0.1, -0.05) is 30.3 Å². The molecule has 82 valence electrons. The number of benzene rings is 1. The number of aromatic nitrogens is 2. The fraction of sp³-hybridized carbons (Fsp3) is 0.167. The van der Waals surface area contributed by atoms with Gasteiger partial charge in [0.2, 0.25) is 0 Å². The van der Waals surface area contributed by atoms with Crippen molar-refractivity contribution in [3.63, 3.8) is 0 Å². The summed E-state index contributed by atoms with van der Waals surface area (Å²) in [6.45, 7) is 1.89. The van der Waals surface area contributed by atoms with Crippen LogP contribution in [0, 0.1) is 6.92 Å². The first-order valence-electron chi connectivity index (χ1n) is 4.99. The van der Waals surface area contributed by atoms with Crippen molar-refractivity contribution in [3.8, 4) is 11.1 Å². The van der Waals surface area contributed by atoms with Gasteiger partial charge in [0.1, 0.15) is 0 Å². The molecule has 0 aliphatic carbocycles. The molecule has 0 unspecified atom stereocenters. The van der Waals surface area contributed by atoms with Crippen molar-refractivity contribution in [1.29, 1.82) is 0 Å². The van der Waals surface area contributed by atoms with E-state index in [1.807, 2.05) is 37.3 Å². The number of aromatic amines is 1. The summed E-state index contributed by atoms with van der Waals surface area (Å²) in [6.07, 6.45) is -0.0609. The van der Waals surface area contributed by atoms with Gasteiger partial charge in [0.05, 0.1) is 12.1 Å². The van der Waals surface area contributed by atoms with Crippen LogP contribution in [0.25, 0.3) is 11.1 Å². The van der Waals surface area contributed by atoms with Crippen LogP contribution in [0.1, 0.15) is 11.4 Å². The van der Waals surface area contributed by atoms with E-state index in [9.17, 15) is 4.79 Å². The molecule has 0 bridgehead atoms. The molecule has 0 saturated carbocycles. The molecule has 0 radical (unpaired) electrons. The molecule has 0 atom stereocenters. The van der Waals surface area contributed by atoms with Crippen LogP contribution in [-0.2, 0) is 11.2 Å². The highest BCUT2D eigenvalue weighted by atomic mass is 16.4. The summed E-state index contributed by atoms with van der Waals surface area (Å²) >= 11 is 0. The van der Waals surface area contributed by atoms with Crippen LogP contribution in [0.15, 0.2) is 30.3 Å². The number of hydrogen-bond acceptors (Lipinski definition) is 2. The number of hydrogen-bond donors (Lipinski definition) is 2. The maximum atomic E-state index is 10.7. The van der Waals surface area contributed by atoms with Gasteiger partial charge in [-0.05, 0) is 12.5 Å². The smallest absolute Gasteiger partial charge is 0.309 e. The number of rotatable bonds is 3. The van der Waals surface area contributed by atoms with E-state index in [0.29, 0.717) is 5.69 Å². The maximum Gasteiger partial charge on any atom is 0.309 e.